The van der Waals surface area contributed by atoms with E-state index in [1.807, 2.05) is 13.0 Å². The van der Waals surface area contributed by atoms with Crippen LogP contribution in [0.3, 0.4) is 0 Å². The lowest BCUT2D eigenvalue weighted by molar-refractivity contribution is 0.166. The summed E-state index contributed by atoms with van der Waals surface area (Å²) >= 11 is 0. The Kier molecular flexibility index (Phi) is 5.87. The number of halogens is 1. The fourth-order valence-corrected chi connectivity index (χ4v) is 1.67. The van der Waals surface area contributed by atoms with E-state index >= 15 is 0 Å². The Hall–Kier alpha value is -1.19. The lowest BCUT2D eigenvalue weighted by atomic mass is 10.1. The number of nitrogens with one attached hydrogen (secondary N) is 1. The maximum atomic E-state index is 13.0. The van der Waals surface area contributed by atoms with Crippen LogP contribution >= 0.6 is 0 Å². The van der Waals surface area contributed by atoms with Crippen molar-refractivity contribution in [2.75, 3.05) is 6.54 Å². The van der Waals surface area contributed by atoms with E-state index in [4.69, 9.17) is 0 Å². The van der Waals surface area contributed by atoms with Crippen molar-refractivity contribution in [2.24, 2.45) is 0 Å². The molecular formula is C14H20FNO. The molecule has 0 heterocycles. The quantitative estimate of drug-likeness (QED) is 0.715. The SMILES string of the molecule is C=CCC(O)CCNC(C)c1cccc(F)c1. The highest BCUT2D eigenvalue weighted by atomic mass is 19.1. The number of aliphatic hydroxyl groups excluding tert-OH is 1. The number of benzene rings is 1. The van der Waals surface area contributed by atoms with E-state index in [1.54, 1.807) is 12.1 Å². The first-order chi connectivity index (χ1) is 8.13. The number of hydrogen-bond acceptors (Lipinski definition) is 2. The molecule has 0 amide bonds. The van der Waals surface area contributed by atoms with Gasteiger partial charge in [-0.25, -0.2) is 4.39 Å². The number of aliphatic hydroxyl groups is 1. The van der Waals surface area contributed by atoms with E-state index in [0.717, 1.165) is 5.56 Å². The molecule has 0 saturated heterocycles. The summed E-state index contributed by atoms with van der Waals surface area (Å²) in [5, 5.41) is 12.8. The molecule has 0 spiro atoms. The molecular weight excluding hydrogens is 217 g/mol. The molecule has 2 nitrogen and oxygen atoms in total. The molecule has 0 fully saturated rings. The molecule has 17 heavy (non-hydrogen) atoms. The second-order valence-corrected chi connectivity index (χ2v) is 4.20. The minimum atomic E-state index is -0.347. The third-order valence-electron chi connectivity index (χ3n) is 2.72. The van der Waals surface area contributed by atoms with Crippen molar-refractivity contribution in [3.8, 4) is 0 Å². The Morgan fingerprint density at radius 2 is 2.29 bits per heavy atom. The molecule has 94 valence electrons. The Morgan fingerprint density at radius 3 is 2.94 bits per heavy atom. The fraction of sp³-hybridized carbons (Fsp3) is 0.429. The van der Waals surface area contributed by atoms with Crippen LogP contribution in [0.5, 0.6) is 0 Å². The van der Waals surface area contributed by atoms with Crippen LogP contribution in [0.25, 0.3) is 0 Å². The second kappa shape index (κ2) is 7.20. The van der Waals surface area contributed by atoms with Gasteiger partial charge in [0, 0.05) is 6.04 Å². The van der Waals surface area contributed by atoms with E-state index in [-0.39, 0.29) is 18.0 Å². The van der Waals surface area contributed by atoms with E-state index in [0.29, 0.717) is 19.4 Å². The summed E-state index contributed by atoms with van der Waals surface area (Å²) in [4.78, 5) is 0. The average molecular weight is 237 g/mol. The third kappa shape index (κ3) is 5.11. The van der Waals surface area contributed by atoms with Gasteiger partial charge in [0.25, 0.3) is 0 Å². The Morgan fingerprint density at radius 1 is 1.53 bits per heavy atom. The van der Waals surface area contributed by atoms with E-state index in [1.165, 1.54) is 12.1 Å². The van der Waals surface area contributed by atoms with Crippen molar-refractivity contribution in [2.45, 2.75) is 31.9 Å². The van der Waals surface area contributed by atoms with Crippen LogP contribution in [0.2, 0.25) is 0 Å². The summed E-state index contributed by atoms with van der Waals surface area (Å²) in [5.41, 5.74) is 0.920. The summed E-state index contributed by atoms with van der Waals surface area (Å²) in [7, 11) is 0. The summed E-state index contributed by atoms with van der Waals surface area (Å²) in [6, 6.07) is 6.64. The lowest BCUT2D eigenvalue weighted by Gasteiger charge is -2.15. The van der Waals surface area contributed by atoms with Crippen LogP contribution in [-0.2, 0) is 0 Å². The normalized spacial score (nSPS) is 14.3. The Bertz CT molecular complexity index is 354. The third-order valence-corrected chi connectivity index (χ3v) is 2.72. The van der Waals surface area contributed by atoms with Gasteiger partial charge in [-0.15, -0.1) is 6.58 Å². The highest BCUT2D eigenvalue weighted by Crippen LogP contribution is 2.13. The first-order valence-electron chi connectivity index (χ1n) is 5.91. The zero-order valence-electron chi connectivity index (χ0n) is 10.2. The van der Waals surface area contributed by atoms with Gasteiger partial charge in [0.1, 0.15) is 5.82 Å². The summed E-state index contributed by atoms with van der Waals surface area (Å²) in [6.07, 6.45) is 2.64. The standard InChI is InChI=1S/C14H20FNO/c1-3-5-14(17)8-9-16-11(2)12-6-4-7-13(15)10-12/h3-4,6-7,10-11,14,16-17H,1,5,8-9H2,2H3. The molecule has 1 aromatic carbocycles. The minimum absolute atomic E-state index is 0.0848. The van der Waals surface area contributed by atoms with Crippen molar-refractivity contribution in [1.82, 2.24) is 5.32 Å². The molecule has 0 saturated carbocycles. The highest BCUT2D eigenvalue weighted by molar-refractivity contribution is 5.19. The Balaban J connectivity index is 2.34. The molecule has 0 radical (unpaired) electrons. The number of hydrogen-bond donors (Lipinski definition) is 2. The van der Waals surface area contributed by atoms with Crippen molar-refractivity contribution in [3.63, 3.8) is 0 Å². The van der Waals surface area contributed by atoms with Gasteiger partial charge in [0.05, 0.1) is 6.10 Å². The molecule has 2 unspecified atom stereocenters. The van der Waals surface area contributed by atoms with Gasteiger partial charge in [-0.05, 0) is 44.0 Å². The molecule has 1 aromatic rings. The van der Waals surface area contributed by atoms with Crippen LogP contribution in [0, 0.1) is 5.82 Å². The highest BCUT2D eigenvalue weighted by Gasteiger charge is 2.06. The molecule has 3 heteroatoms. The first kappa shape index (κ1) is 13.9. The topological polar surface area (TPSA) is 32.3 Å². The van der Waals surface area contributed by atoms with Gasteiger partial charge >= 0.3 is 0 Å². The lowest BCUT2D eigenvalue weighted by Crippen LogP contribution is -2.23. The Labute approximate surface area is 102 Å². The van der Waals surface area contributed by atoms with Crippen LogP contribution in [0.1, 0.15) is 31.4 Å². The molecule has 0 aliphatic carbocycles. The van der Waals surface area contributed by atoms with Gasteiger partial charge in [-0.2, -0.15) is 0 Å². The second-order valence-electron chi connectivity index (χ2n) is 4.20. The van der Waals surface area contributed by atoms with Crippen LogP contribution in [-0.4, -0.2) is 17.8 Å². The molecule has 2 atom stereocenters. The van der Waals surface area contributed by atoms with Crippen LogP contribution in [0.4, 0.5) is 4.39 Å². The monoisotopic (exact) mass is 237 g/mol. The first-order valence-corrected chi connectivity index (χ1v) is 5.91. The summed E-state index contributed by atoms with van der Waals surface area (Å²) in [5.74, 6) is -0.220. The zero-order valence-corrected chi connectivity index (χ0v) is 10.2. The average Bonchev–Trinajstić information content (AvgIpc) is 2.29. The van der Waals surface area contributed by atoms with Crippen molar-refractivity contribution in [1.29, 1.82) is 0 Å². The zero-order chi connectivity index (χ0) is 12.7. The van der Waals surface area contributed by atoms with Crippen LogP contribution in [0.15, 0.2) is 36.9 Å². The smallest absolute Gasteiger partial charge is 0.123 e. The molecule has 2 N–H and O–H groups in total. The van der Waals surface area contributed by atoms with Crippen LogP contribution < -0.4 is 5.32 Å². The summed E-state index contributed by atoms with van der Waals surface area (Å²) in [6.45, 7) is 6.26. The largest absolute Gasteiger partial charge is 0.393 e. The maximum absolute atomic E-state index is 13.0. The van der Waals surface area contributed by atoms with E-state index in [2.05, 4.69) is 11.9 Å². The van der Waals surface area contributed by atoms with Gasteiger partial charge < -0.3 is 10.4 Å². The summed E-state index contributed by atoms with van der Waals surface area (Å²) < 4.78 is 13.0. The van der Waals surface area contributed by atoms with E-state index in [9.17, 15) is 9.50 Å². The van der Waals surface area contributed by atoms with Gasteiger partial charge in [0.2, 0.25) is 0 Å². The fourth-order valence-electron chi connectivity index (χ4n) is 1.67. The van der Waals surface area contributed by atoms with Crippen molar-refractivity contribution in [3.05, 3.63) is 48.3 Å². The van der Waals surface area contributed by atoms with E-state index < -0.39 is 0 Å². The predicted molar refractivity (Wildman–Crippen MR) is 68.3 cm³/mol. The maximum Gasteiger partial charge on any atom is 0.123 e. The molecule has 0 bridgehead atoms. The molecule has 0 aliphatic heterocycles. The number of rotatable bonds is 7. The van der Waals surface area contributed by atoms with Gasteiger partial charge in [0.15, 0.2) is 0 Å². The van der Waals surface area contributed by atoms with Crippen molar-refractivity contribution < 1.29 is 9.50 Å². The molecule has 1 rings (SSSR count). The predicted octanol–water partition coefficient (Wildman–Crippen LogP) is 2.80. The van der Waals surface area contributed by atoms with Gasteiger partial charge in [-0.1, -0.05) is 18.2 Å². The van der Waals surface area contributed by atoms with Crippen molar-refractivity contribution >= 4 is 0 Å². The molecule has 0 aromatic heterocycles. The molecule has 0 aliphatic rings. The van der Waals surface area contributed by atoms with Gasteiger partial charge in [-0.3, -0.25) is 0 Å². The minimum Gasteiger partial charge on any atom is -0.393 e.